The van der Waals surface area contributed by atoms with Crippen molar-refractivity contribution in [2.75, 3.05) is 5.75 Å². The van der Waals surface area contributed by atoms with E-state index in [2.05, 4.69) is 6.58 Å². The molecule has 0 amide bonds. The lowest BCUT2D eigenvalue weighted by molar-refractivity contribution is 0.0696. The Morgan fingerprint density at radius 3 is 2.93 bits per heavy atom. The zero-order valence-electron chi connectivity index (χ0n) is 7.99. The summed E-state index contributed by atoms with van der Waals surface area (Å²) in [5.74, 6) is -0.0883. The van der Waals surface area contributed by atoms with Gasteiger partial charge < -0.3 is 5.11 Å². The van der Waals surface area contributed by atoms with E-state index < -0.39 is 5.97 Å². The summed E-state index contributed by atoms with van der Waals surface area (Å²) in [5, 5.41) is 8.80. The van der Waals surface area contributed by atoms with Gasteiger partial charge in [0, 0.05) is 10.6 Å². The van der Waals surface area contributed by atoms with Crippen LogP contribution in [0.1, 0.15) is 15.9 Å². The van der Waals surface area contributed by atoms with Gasteiger partial charge in [-0.1, -0.05) is 12.1 Å². The molecule has 0 radical (unpaired) electrons. The largest absolute Gasteiger partial charge is 0.478 e. The van der Waals surface area contributed by atoms with Crippen LogP contribution < -0.4 is 0 Å². The van der Waals surface area contributed by atoms with Crippen LogP contribution in [0.4, 0.5) is 0 Å². The summed E-state index contributed by atoms with van der Waals surface area (Å²) in [5.41, 5.74) is 1.43. The number of rotatable bonds is 4. The molecule has 0 aliphatic rings. The predicted molar refractivity (Wildman–Crippen MR) is 59.1 cm³/mol. The van der Waals surface area contributed by atoms with Crippen molar-refractivity contribution in [1.29, 1.82) is 0 Å². The number of aryl methyl sites for hydroxylation is 1. The van der Waals surface area contributed by atoms with Crippen LogP contribution in [0, 0.1) is 6.92 Å². The molecule has 74 valence electrons. The molecule has 0 aromatic heterocycles. The quantitative estimate of drug-likeness (QED) is 0.610. The molecule has 0 aliphatic heterocycles. The molecule has 3 heteroatoms. The maximum atomic E-state index is 10.7. The van der Waals surface area contributed by atoms with Crippen LogP contribution in [0.5, 0.6) is 0 Å². The normalized spacial score (nSPS) is 9.79. The molecule has 1 N–H and O–H groups in total. The second-order valence-electron chi connectivity index (χ2n) is 2.89. The van der Waals surface area contributed by atoms with Crippen LogP contribution in [0.25, 0.3) is 0 Å². The van der Waals surface area contributed by atoms with Crippen molar-refractivity contribution in [2.24, 2.45) is 0 Å². The fourth-order valence-corrected chi connectivity index (χ4v) is 1.84. The summed E-state index contributed by atoms with van der Waals surface area (Å²) in [6, 6.07) is 5.15. The standard InChI is InChI=1S/C11H12O2S/c1-3-6-14-10-7-9(11(12)13)5-4-8(10)2/h3-5,7H,1,6H2,2H3,(H,12,13). The van der Waals surface area contributed by atoms with Gasteiger partial charge in [-0.05, 0) is 24.6 Å². The molecule has 0 atom stereocenters. The van der Waals surface area contributed by atoms with E-state index in [9.17, 15) is 4.79 Å². The molecular weight excluding hydrogens is 196 g/mol. The van der Waals surface area contributed by atoms with E-state index in [1.165, 1.54) is 0 Å². The highest BCUT2D eigenvalue weighted by molar-refractivity contribution is 7.99. The van der Waals surface area contributed by atoms with Gasteiger partial charge in [-0.25, -0.2) is 4.79 Å². The third-order valence-corrected chi connectivity index (χ3v) is 2.94. The monoisotopic (exact) mass is 208 g/mol. The van der Waals surface area contributed by atoms with Crippen molar-refractivity contribution in [1.82, 2.24) is 0 Å². The summed E-state index contributed by atoms with van der Waals surface area (Å²) in [7, 11) is 0. The highest BCUT2D eigenvalue weighted by atomic mass is 32.2. The Kier molecular flexibility index (Phi) is 3.77. The molecule has 1 rings (SSSR count). The van der Waals surface area contributed by atoms with Crippen molar-refractivity contribution in [3.63, 3.8) is 0 Å². The van der Waals surface area contributed by atoms with Crippen molar-refractivity contribution < 1.29 is 9.90 Å². The molecule has 0 unspecified atom stereocenters. The minimum absolute atomic E-state index is 0.335. The van der Waals surface area contributed by atoms with E-state index in [-0.39, 0.29) is 0 Å². The number of hydrogen-bond acceptors (Lipinski definition) is 2. The van der Waals surface area contributed by atoms with Crippen molar-refractivity contribution in [3.05, 3.63) is 42.0 Å². The number of carboxylic acid groups (broad SMARTS) is 1. The Bertz CT molecular complexity index is 358. The van der Waals surface area contributed by atoms with E-state index >= 15 is 0 Å². The highest BCUT2D eigenvalue weighted by Gasteiger charge is 2.05. The van der Waals surface area contributed by atoms with Gasteiger partial charge in [0.15, 0.2) is 0 Å². The third-order valence-electron chi connectivity index (χ3n) is 1.79. The summed E-state index contributed by atoms with van der Waals surface area (Å²) in [4.78, 5) is 11.7. The Morgan fingerprint density at radius 2 is 2.36 bits per heavy atom. The smallest absolute Gasteiger partial charge is 0.335 e. The molecule has 0 spiro atoms. The lowest BCUT2D eigenvalue weighted by Crippen LogP contribution is -1.96. The number of benzene rings is 1. The molecule has 0 bridgehead atoms. The topological polar surface area (TPSA) is 37.3 Å². The summed E-state index contributed by atoms with van der Waals surface area (Å²) in [6.07, 6.45) is 1.80. The molecule has 0 saturated carbocycles. The molecular formula is C11H12O2S. The van der Waals surface area contributed by atoms with Crippen LogP contribution >= 0.6 is 11.8 Å². The zero-order chi connectivity index (χ0) is 10.6. The van der Waals surface area contributed by atoms with Gasteiger partial charge in [-0.2, -0.15) is 0 Å². The number of hydrogen-bond donors (Lipinski definition) is 1. The van der Waals surface area contributed by atoms with Gasteiger partial charge >= 0.3 is 5.97 Å². The Morgan fingerprint density at radius 1 is 1.64 bits per heavy atom. The minimum atomic E-state index is -0.884. The first-order valence-corrected chi connectivity index (χ1v) is 5.21. The fourth-order valence-electron chi connectivity index (χ4n) is 1.04. The van der Waals surface area contributed by atoms with E-state index in [0.717, 1.165) is 16.2 Å². The first-order chi connectivity index (χ1) is 6.65. The average molecular weight is 208 g/mol. The minimum Gasteiger partial charge on any atom is -0.478 e. The highest BCUT2D eigenvalue weighted by Crippen LogP contribution is 2.23. The molecule has 1 aromatic rings. The third kappa shape index (κ3) is 2.64. The van der Waals surface area contributed by atoms with Crippen LogP contribution in [-0.4, -0.2) is 16.8 Å². The maximum absolute atomic E-state index is 10.7. The van der Waals surface area contributed by atoms with Crippen LogP contribution in [0.3, 0.4) is 0 Å². The molecule has 0 heterocycles. The van der Waals surface area contributed by atoms with Gasteiger partial charge in [0.25, 0.3) is 0 Å². The Balaban J connectivity index is 2.95. The number of aromatic carboxylic acids is 1. The molecule has 0 aliphatic carbocycles. The zero-order valence-corrected chi connectivity index (χ0v) is 8.80. The van der Waals surface area contributed by atoms with Crippen molar-refractivity contribution in [3.8, 4) is 0 Å². The summed E-state index contributed by atoms with van der Waals surface area (Å²) < 4.78 is 0. The second-order valence-corrected chi connectivity index (χ2v) is 3.95. The lowest BCUT2D eigenvalue weighted by atomic mass is 10.1. The van der Waals surface area contributed by atoms with Crippen molar-refractivity contribution in [2.45, 2.75) is 11.8 Å². The predicted octanol–water partition coefficient (Wildman–Crippen LogP) is 2.97. The van der Waals surface area contributed by atoms with Crippen LogP contribution in [-0.2, 0) is 0 Å². The van der Waals surface area contributed by atoms with Gasteiger partial charge in [0.1, 0.15) is 0 Å². The van der Waals surface area contributed by atoms with Crippen LogP contribution in [0.2, 0.25) is 0 Å². The maximum Gasteiger partial charge on any atom is 0.335 e. The van der Waals surface area contributed by atoms with Crippen LogP contribution in [0.15, 0.2) is 35.7 Å². The second kappa shape index (κ2) is 4.86. The van der Waals surface area contributed by atoms with Gasteiger partial charge in [0.2, 0.25) is 0 Å². The molecule has 14 heavy (non-hydrogen) atoms. The van der Waals surface area contributed by atoms with Crippen molar-refractivity contribution >= 4 is 17.7 Å². The summed E-state index contributed by atoms with van der Waals surface area (Å²) in [6.45, 7) is 5.60. The van der Waals surface area contributed by atoms with E-state index in [1.54, 1.807) is 30.0 Å². The molecule has 1 aromatic carbocycles. The van der Waals surface area contributed by atoms with E-state index in [0.29, 0.717) is 5.56 Å². The van der Waals surface area contributed by atoms with Gasteiger partial charge in [-0.3, -0.25) is 0 Å². The average Bonchev–Trinajstić information content (AvgIpc) is 2.16. The van der Waals surface area contributed by atoms with E-state index in [1.807, 2.05) is 13.0 Å². The molecule has 0 fully saturated rings. The fraction of sp³-hybridized carbons (Fsp3) is 0.182. The SMILES string of the molecule is C=CCSc1cc(C(=O)O)ccc1C. The Hall–Kier alpha value is -1.22. The number of carboxylic acids is 1. The first-order valence-electron chi connectivity index (χ1n) is 4.23. The molecule has 0 saturated heterocycles. The number of thioether (sulfide) groups is 1. The number of carbonyl (C=O) groups is 1. The lowest BCUT2D eigenvalue weighted by Gasteiger charge is -2.04. The van der Waals surface area contributed by atoms with Gasteiger partial charge in [0.05, 0.1) is 5.56 Å². The van der Waals surface area contributed by atoms with E-state index in [4.69, 9.17) is 5.11 Å². The Labute approximate surface area is 87.6 Å². The molecule has 2 nitrogen and oxygen atoms in total. The summed E-state index contributed by atoms with van der Waals surface area (Å²) >= 11 is 1.60. The first kappa shape index (κ1) is 10.9. The van der Waals surface area contributed by atoms with Gasteiger partial charge in [-0.15, -0.1) is 18.3 Å².